The molecule has 3 rings (SSSR count). The molecule has 0 aromatic heterocycles. The predicted molar refractivity (Wildman–Crippen MR) is 155 cm³/mol. The summed E-state index contributed by atoms with van der Waals surface area (Å²) in [7, 11) is 1.68. The molecule has 3 amide bonds. The standard InChI is InChI=1S/C31H50N4O3/c1-3-4-5-6-10-19-30(36)34(20-13-15-27-14-11-12-18-29(27)38-2)24-21-33-22-25-35(26-23-33)31(37)32-28-16-8-7-9-17-28/h11-15,18,28H,3-10,16-17,19-26H2,1-2H3,(H,32,37)/b15-13+. The third kappa shape index (κ3) is 10.3. The number of methoxy groups -OCH3 is 1. The van der Waals surface area contributed by atoms with Crippen LogP contribution >= 0.6 is 0 Å². The summed E-state index contributed by atoms with van der Waals surface area (Å²) >= 11 is 0. The van der Waals surface area contributed by atoms with Crippen LogP contribution in [0.2, 0.25) is 0 Å². The maximum Gasteiger partial charge on any atom is 0.317 e. The summed E-state index contributed by atoms with van der Waals surface area (Å²) < 4.78 is 5.46. The lowest BCUT2D eigenvalue weighted by Crippen LogP contribution is -2.54. The van der Waals surface area contributed by atoms with Gasteiger partial charge in [-0.05, 0) is 25.3 Å². The van der Waals surface area contributed by atoms with E-state index in [9.17, 15) is 9.59 Å². The van der Waals surface area contributed by atoms with E-state index in [4.69, 9.17) is 4.74 Å². The van der Waals surface area contributed by atoms with Crippen LogP contribution in [0.3, 0.4) is 0 Å². The molecule has 0 atom stereocenters. The summed E-state index contributed by atoms with van der Waals surface area (Å²) in [5.74, 6) is 1.07. The second-order valence-electron chi connectivity index (χ2n) is 10.8. The zero-order valence-corrected chi connectivity index (χ0v) is 23.8. The van der Waals surface area contributed by atoms with Crippen LogP contribution in [-0.4, -0.2) is 85.6 Å². The fraction of sp³-hybridized carbons (Fsp3) is 0.677. The molecular formula is C31H50N4O3. The number of hydrogen-bond donors (Lipinski definition) is 1. The van der Waals surface area contributed by atoms with Crippen LogP contribution in [0.5, 0.6) is 5.75 Å². The first-order valence-corrected chi connectivity index (χ1v) is 15.0. The van der Waals surface area contributed by atoms with E-state index in [1.807, 2.05) is 40.1 Å². The zero-order valence-electron chi connectivity index (χ0n) is 23.8. The van der Waals surface area contributed by atoms with Crippen molar-refractivity contribution in [3.8, 4) is 5.75 Å². The van der Waals surface area contributed by atoms with Gasteiger partial charge in [0.25, 0.3) is 0 Å². The molecule has 0 spiro atoms. The molecule has 2 aliphatic rings. The Kier molecular flexibility index (Phi) is 13.5. The lowest BCUT2D eigenvalue weighted by molar-refractivity contribution is -0.131. The number of carbonyl (C=O) groups excluding carboxylic acids is 2. The third-order valence-corrected chi connectivity index (χ3v) is 7.89. The van der Waals surface area contributed by atoms with Crippen LogP contribution in [0, 0.1) is 0 Å². The average molecular weight is 527 g/mol. The minimum absolute atomic E-state index is 0.0953. The number of carbonyl (C=O) groups is 2. The van der Waals surface area contributed by atoms with Gasteiger partial charge in [-0.1, -0.05) is 82.2 Å². The van der Waals surface area contributed by atoms with Gasteiger partial charge in [0.05, 0.1) is 7.11 Å². The van der Waals surface area contributed by atoms with Crippen LogP contribution < -0.4 is 10.1 Å². The predicted octanol–water partition coefficient (Wildman–Crippen LogP) is 5.56. The lowest BCUT2D eigenvalue weighted by Gasteiger charge is -2.36. The van der Waals surface area contributed by atoms with E-state index in [1.165, 1.54) is 38.5 Å². The zero-order chi connectivity index (χ0) is 27.0. The number of nitrogens with zero attached hydrogens (tertiary/aromatic N) is 3. The largest absolute Gasteiger partial charge is 0.496 e. The van der Waals surface area contributed by atoms with E-state index in [0.29, 0.717) is 25.6 Å². The number of unbranched alkanes of at least 4 members (excludes halogenated alkanes) is 4. The normalized spacial score (nSPS) is 17.1. The van der Waals surface area contributed by atoms with Crippen LogP contribution in [0.1, 0.15) is 83.1 Å². The number of urea groups is 1. The topological polar surface area (TPSA) is 65.1 Å². The van der Waals surface area contributed by atoms with Crippen molar-refractivity contribution < 1.29 is 14.3 Å². The quantitative estimate of drug-likeness (QED) is 0.323. The molecule has 1 saturated carbocycles. The van der Waals surface area contributed by atoms with Crippen molar-refractivity contribution in [2.45, 2.75) is 83.6 Å². The first-order chi connectivity index (χ1) is 18.6. The van der Waals surface area contributed by atoms with E-state index in [2.05, 4.69) is 23.2 Å². The number of hydrogen-bond acceptors (Lipinski definition) is 4. The summed E-state index contributed by atoms with van der Waals surface area (Å²) in [6.07, 6.45) is 16.4. The SMILES string of the molecule is CCCCCCCC(=O)N(C/C=C/c1ccccc1OC)CCN1CCN(C(=O)NC2CCCCC2)CC1. The van der Waals surface area contributed by atoms with Gasteiger partial charge in [-0.2, -0.15) is 0 Å². The number of benzene rings is 1. The number of para-hydroxylation sites is 1. The minimum Gasteiger partial charge on any atom is -0.496 e. The van der Waals surface area contributed by atoms with Gasteiger partial charge in [0.15, 0.2) is 0 Å². The van der Waals surface area contributed by atoms with E-state index < -0.39 is 0 Å². The Labute approximate surface area is 230 Å². The fourth-order valence-corrected chi connectivity index (χ4v) is 5.42. The van der Waals surface area contributed by atoms with Gasteiger partial charge in [0.1, 0.15) is 5.75 Å². The highest BCUT2D eigenvalue weighted by atomic mass is 16.5. The molecule has 1 heterocycles. The van der Waals surface area contributed by atoms with Gasteiger partial charge in [0.2, 0.25) is 5.91 Å². The van der Waals surface area contributed by atoms with E-state index in [-0.39, 0.29) is 11.9 Å². The van der Waals surface area contributed by atoms with Crippen molar-refractivity contribution in [1.82, 2.24) is 20.0 Å². The van der Waals surface area contributed by atoms with E-state index in [0.717, 1.165) is 69.7 Å². The minimum atomic E-state index is 0.0953. The molecule has 0 bridgehead atoms. The van der Waals surface area contributed by atoms with Crippen molar-refractivity contribution in [1.29, 1.82) is 0 Å². The highest BCUT2D eigenvalue weighted by Gasteiger charge is 2.24. The number of amides is 3. The Hall–Kier alpha value is -2.54. The Balaban J connectivity index is 1.47. The molecule has 1 aromatic carbocycles. The van der Waals surface area contributed by atoms with Gasteiger partial charge in [-0.3, -0.25) is 9.69 Å². The molecular weight excluding hydrogens is 476 g/mol. The van der Waals surface area contributed by atoms with Gasteiger partial charge in [-0.25, -0.2) is 4.79 Å². The third-order valence-electron chi connectivity index (χ3n) is 7.89. The number of piperazine rings is 1. The molecule has 1 saturated heterocycles. The van der Waals surface area contributed by atoms with Crippen LogP contribution in [0.15, 0.2) is 30.3 Å². The number of nitrogens with one attached hydrogen (secondary N) is 1. The molecule has 38 heavy (non-hydrogen) atoms. The van der Waals surface area contributed by atoms with E-state index in [1.54, 1.807) is 7.11 Å². The Morgan fingerprint density at radius 1 is 1.03 bits per heavy atom. The lowest BCUT2D eigenvalue weighted by atomic mass is 9.96. The highest BCUT2D eigenvalue weighted by molar-refractivity contribution is 5.76. The molecule has 1 aromatic rings. The smallest absolute Gasteiger partial charge is 0.317 e. The van der Waals surface area contributed by atoms with Crippen molar-refractivity contribution in [2.75, 3.05) is 52.9 Å². The molecule has 212 valence electrons. The van der Waals surface area contributed by atoms with Crippen molar-refractivity contribution in [3.63, 3.8) is 0 Å². The molecule has 1 N–H and O–H groups in total. The molecule has 1 aliphatic heterocycles. The first-order valence-electron chi connectivity index (χ1n) is 15.0. The molecule has 0 unspecified atom stereocenters. The first kappa shape index (κ1) is 30.0. The van der Waals surface area contributed by atoms with Crippen LogP contribution in [-0.2, 0) is 4.79 Å². The number of ether oxygens (including phenoxy) is 1. The van der Waals surface area contributed by atoms with Crippen molar-refractivity contribution in [3.05, 3.63) is 35.9 Å². The van der Waals surface area contributed by atoms with E-state index >= 15 is 0 Å². The Morgan fingerprint density at radius 2 is 1.76 bits per heavy atom. The summed E-state index contributed by atoms with van der Waals surface area (Å²) in [5, 5.41) is 3.24. The highest BCUT2D eigenvalue weighted by Crippen LogP contribution is 2.19. The maximum absolute atomic E-state index is 13.1. The van der Waals surface area contributed by atoms with Crippen molar-refractivity contribution in [2.24, 2.45) is 0 Å². The summed E-state index contributed by atoms with van der Waals surface area (Å²) in [6.45, 7) is 7.55. The second-order valence-corrected chi connectivity index (χ2v) is 10.8. The Bertz CT molecular complexity index is 860. The molecule has 2 fully saturated rings. The fourth-order valence-electron chi connectivity index (χ4n) is 5.42. The summed E-state index contributed by atoms with van der Waals surface area (Å²) in [5.41, 5.74) is 1.02. The Morgan fingerprint density at radius 3 is 2.50 bits per heavy atom. The number of rotatable bonds is 14. The monoisotopic (exact) mass is 526 g/mol. The molecule has 0 radical (unpaired) electrons. The summed E-state index contributed by atoms with van der Waals surface area (Å²) in [4.78, 5) is 32.2. The second kappa shape index (κ2) is 17.1. The van der Waals surface area contributed by atoms with Gasteiger partial charge in [0, 0.05) is 63.8 Å². The molecule has 7 nitrogen and oxygen atoms in total. The molecule has 7 heteroatoms. The van der Waals surface area contributed by atoms with Gasteiger partial charge in [-0.15, -0.1) is 0 Å². The maximum atomic E-state index is 13.1. The van der Waals surface area contributed by atoms with Crippen LogP contribution in [0.4, 0.5) is 4.79 Å². The van der Waals surface area contributed by atoms with Crippen molar-refractivity contribution >= 4 is 18.0 Å². The average Bonchev–Trinajstić information content (AvgIpc) is 2.95. The van der Waals surface area contributed by atoms with Gasteiger partial charge < -0.3 is 19.9 Å². The van der Waals surface area contributed by atoms with Crippen LogP contribution in [0.25, 0.3) is 6.08 Å². The molecule has 1 aliphatic carbocycles. The summed E-state index contributed by atoms with van der Waals surface area (Å²) in [6, 6.07) is 8.38. The van der Waals surface area contributed by atoms with Gasteiger partial charge >= 0.3 is 6.03 Å².